The molecule has 0 unspecified atom stereocenters. The van der Waals surface area contributed by atoms with Gasteiger partial charge in [-0.15, -0.1) is 0 Å². The van der Waals surface area contributed by atoms with E-state index in [1.807, 2.05) is 13.8 Å². The summed E-state index contributed by atoms with van der Waals surface area (Å²) in [6.07, 6.45) is 4.63. The lowest BCUT2D eigenvalue weighted by Gasteiger charge is -2.14. The number of pyridine rings is 2. The standard InChI is InChI=1S/C29H22FN5O5/c1-16(2)35-14-21(17-3-5-18(30)6-4-17)28(36)27(34-35)29(37)33-26-8-7-19(13-32-26)40-23-9-10-31-22-12-25-24(11-20(22)23)38-15-39-25/h3-14,16H,15H2,1-2H3,(H,32,33,37). The van der Waals surface area contributed by atoms with Crippen LogP contribution in [0.5, 0.6) is 23.0 Å². The lowest BCUT2D eigenvalue weighted by Crippen LogP contribution is -2.28. The fourth-order valence-electron chi connectivity index (χ4n) is 4.17. The summed E-state index contributed by atoms with van der Waals surface area (Å²) < 4.78 is 31.9. The van der Waals surface area contributed by atoms with Crippen LogP contribution in [-0.4, -0.2) is 32.4 Å². The van der Waals surface area contributed by atoms with Crippen LogP contribution in [0.3, 0.4) is 0 Å². The Morgan fingerprint density at radius 1 is 1.05 bits per heavy atom. The first-order chi connectivity index (χ1) is 19.4. The Morgan fingerprint density at radius 2 is 1.82 bits per heavy atom. The fourth-order valence-corrected chi connectivity index (χ4v) is 4.17. The van der Waals surface area contributed by atoms with Crippen LogP contribution >= 0.6 is 0 Å². The van der Waals surface area contributed by atoms with Crippen molar-refractivity contribution in [3.63, 3.8) is 0 Å². The average Bonchev–Trinajstić information content (AvgIpc) is 3.41. The molecule has 0 saturated carbocycles. The lowest BCUT2D eigenvalue weighted by atomic mass is 10.1. The number of hydrogen-bond acceptors (Lipinski definition) is 8. The Bertz CT molecular complexity index is 1800. The number of carbonyl (C=O) groups is 1. The van der Waals surface area contributed by atoms with Gasteiger partial charge < -0.3 is 19.5 Å². The monoisotopic (exact) mass is 539 g/mol. The minimum absolute atomic E-state index is 0.134. The molecule has 40 heavy (non-hydrogen) atoms. The van der Waals surface area contributed by atoms with E-state index in [1.165, 1.54) is 35.1 Å². The van der Waals surface area contributed by atoms with Gasteiger partial charge in [0, 0.05) is 35.5 Å². The summed E-state index contributed by atoms with van der Waals surface area (Å²) in [5.74, 6) is 1.24. The predicted octanol–water partition coefficient (Wildman–Crippen LogP) is 5.35. The summed E-state index contributed by atoms with van der Waals surface area (Å²) in [6, 6.07) is 13.8. The van der Waals surface area contributed by atoms with Crippen molar-refractivity contribution in [3.05, 3.63) is 94.9 Å². The predicted molar refractivity (Wildman–Crippen MR) is 144 cm³/mol. The summed E-state index contributed by atoms with van der Waals surface area (Å²) >= 11 is 0. The molecule has 1 aliphatic rings. The zero-order valence-corrected chi connectivity index (χ0v) is 21.4. The fraction of sp³-hybridized carbons (Fsp3) is 0.138. The van der Waals surface area contributed by atoms with Gasteiger partial charge in [-0.3, -0.25) is 19.3 Å². The summed E-state index contributed by atoms with van der Waals surface area (Å²) in [4.78, 5) is 34.9. The van der Waals surface area contributed by atoms with Gasteiger partial charge in [0.15, 0.2) is 17.2 Å². The van der Waals surface area contributed by atoms with Gasteiger partial charge in [-0.1, -0.05) is 12.1 Å². The van der Waals surface area contributed by atoms with Crippen molar-refractivity contribution in [2.75, 3.05) is 12.1 Å². The molecule has 5 aromatic rings. The highest BCUT2D eigenvalue weighted by Crippen LogP contribution is 2.39. The second-order valence-corrected chi connectivity index (χ2v) is 9.27. The lowest BCUT2D eigenvalue weighted by molar-refractivity contribution is 0.101. The molecule has 10 nitrogen and oxygen atoms in total. The number of hydrogen-bond donors (Lipinski definition) is 1. The third kappa shape index (κ3) is 4.80. The van der Waals surface area contributed by atoms with Crippen LogP contribution in [0, 0.1) is 5.82 Å². The van der Waals surface area contributed by atoms with E-state index in [2.05, 4.69) is 20.4 Å². The molecule has 4 heterocycles. The van der Waals surface area contributed by atoms with Crippen LogP contribution in [-0.2, 0) is 0 Å². The van der Waals surface area contributed by atoms with Crippen molar-refractivity contribution < 1.29 is 23.4 Å². The molecule has 0 fully saturated rings. The first kappa shape index (κ1) is 25.0. The Kier molecular flexibility index (Phi) is 6.31. The van der Waals surface area contributed by atoms with E-state index in [1.54, 1.807) is 42.7 Å². The topological polar surface area (TPSA) is 117 Å². The maximum Gasteiger partial charge on any atom is 0.281 e. The van der Waals surface area contributed by atoms with Crippen LogP contribution in [0.1, 0.15) is 30.4 Å². The van der Waals surface area contributed by atoms with Gasteiger partial charge in [0.25, 0.3) is 5.91 Å². The third-order valence-corrected chi connectivity index (χ3v) is 6.24. The minimum Gasteiger partial charge on any atom is -0.455 e. The van der Waals surface area contributed by atoms with Crippen LogP contribution in [0.2, 0.25) is 0 Å². The van der Waals surface area contributed by atoms with E-state index < -0.39 is 17.2 Å². The van der Waals surface area contributed by atoms with Crippen LogP contribution in [0.4, 0.5) is 10.2 Å². The number of aromatic nitrogens is 4. The Labute approximate surface area is 227 Å². The minimum atomic E-state index is -0.722. The number of halogens is 1. The summed E-state index contributed by atoms with van der Waals surface area (Å²) in [7, 11) is 0. The van der Waals surface area contributed by atoms with Crippen molar-refractivity contribution in [2.24, 2.45) is 0 Å². The molecule has 0 bridgehead atoms. The highest BCUT2D eigenvalue weighted by molar-refractivity contribution is 6.02. The molecule has 1 N–H and O–H groups in total. The van der Waals surface area contributed by atoms with Crippen molar-refractivity contribution in [1.29, 1.82) is 0 Å². The smallest absolute Gasteiger partial charge is 0.281 e. The third-order valence-electron chi connectivity index (χ3n) is 6.24. The number of benzene rings is 2. The van der Waals surface area contributed by atoms with Crippen molar-refractivity contribution in [2.45, 2.75) is 19.9 Å². The largest absolute Gasteiger partial charge is 0.455 e. The Hall–Kier alpha value is -5.32. The van der Waals surface area contributed by atoms with Crippen molar-refractivity contribution in [3.8, 4) is 34.1 Å². The number of anilines is 1. The second kappa shape index (κ2) is 10.1. The Balaban J connectivity index is 1.24. The van der Waals surface area contributed by atoms with Gasteiger partial charge in [0.1, 0.15) is 23.1 Å². The first-order valence-corrected chi connectivity index (χ1v) is 12.4. The molecule has 0 atom stereocenters. The summed E-state index contributed by atoms with van der Waals surface area (Å²) in [5, 5.41) is 7.59. The number of rotatable bonds is 6. The number of amides is 1. The van der Waals surface area contributed by atoms with E-state index in [9.17, 15) is 14.0 Å². The number of carbonyl (C=O) groups excluding carboxylic acids is 1. The van der Waals surface area contributed by atoms with E-state index in [0.29, 0.717) is 34.1 Å². The highest BCUT2D eigenvalue weighted by atomic mass is 19.1. The molecule has 6 rings (SSSR count). The molecule has 1 aliphatic heterocycles. The molecule has 2 aromatic carbocycles. The number of nitrogens with zero attached hydrogens (tertiary/aromatic N) is 4. The molecule has 200 valence electrons. The molecule has 0 spiro atoms. The molecule has 11 heteroatoms. The molecule has 0 aliphatic carbocycles. The van der Waals surface area contributed by atoms with Gasteiger partial charge >= 0.3 is 0 Å². The normalized spacial score (nSPS) is 12.1. The van der Waals surface area contributed by atoms with Gasteiger partial charge in [-0.05, 0) is 55.8 Å². The van der Waals surface area contributed by atoms with Crippen LogP contribution in [0.25, 0.3) is 22.0 Å². The molecule has 1 amide bonds. The average molecular weight is 540 g/mol. The number of nitrogens with one attached hydrogen (secondary N) is 1. The molecular formula is C29H22FN5O5. The van der Waals surface area contributed by atoms with Gasteiger partial charge in [-0.25, -0.2) is 9.37 Å². The quantitative estimate of drug-likeness (QED) is 0.307. The first-order valence-electron chi connectivity index (χ1n) is 12.4. The second-order valence-electron chi connectivity index (χ2n) is 9.27. The SMILES string of the molecule is CC(C)n1cc(-c2ccc(F)cc2)c(=O)c(C(=O)Nc2ccc(Oc3ccnc4cc5c(cc34)OCO5)cn2)n1. The van der Waals surface area contributed by atoms with Gasteiger partial charge in [-0.2, -0.15) is 5.10 Å². The van der Waals surface area contributed by atoms with E-state index in [-0.39, 0.29) is 29.9 Å². The Morgan fingerprint density at radius 3 is 2.55 bits per heavy atom. The molecule has 3 aromatic heterocycles. The number of fused-ring (bicyclic) bond motifs is 2. The van der Waals surface area contributed by atoms with Crippen LogP contribution < -0.4 is 25.0 Å². The summed E-state index contributed by atoms with van der Waals surface area (Å²) in [5.41, 5.74) is 0.509. The molecule has 0 saturated heterocycles. The zero-order chi connectivity index (χ0) is 27.8. The van der Waals surface area contributed by atoms with Crippen molar-refractivity contribution in [1.82, 2.24) is 19.7 Å². The van der Waals surface area contributed by atoms with Gasteiger partial charge in [0.05, 0.1) is 11.7 Å². The van der Waals surface area contributed by atoms with Crippen molar-refractivity contribution >= 4 is 22.6 Å². The van der Waals surface area contributed by atoms with Crippen LogP contribution in [0.15, 0.2) is 78.0 Å². The maximum absolute atomic E-state index is 13.4. The molecule has 0 radical (unpaired) electrons. The van der Waals surface area contributed by atoms with Gasteiger partial charge in [0.2, 0.25) is 12.2 Å². The number of ether oxygens (including phenoxy) is 3. The zero-order valence-electron chi connectivity index (χ0n) is 21.4. The van der Waals surface area contributed by atoms with E-state index in [4.69, 9.17) is 14.2 Å². The highest BCUT2D eigenvalue weighted by Gasteiger charge is 2.20. The molecular weight excluding hydrogens is 517 g/mol. The van der Waals surface area contributed by atoms with E-state index >= 15 is 0 Å². The van der Waals surface area contributed by atoms with E-state index in [0.717, 1.165) is 5.39 Å². The summed E-state index contributed by atoms with van der Waals surface area (Å²) in [6.45, 7) is 3.89. The maximum atomic E-state index is 13.4.